The van der Waals surface area contributed by atoms with Gasteiger partial charge in [0.15, 0.2) is 11.7 Å². The largest absolute Gasteiger partial charge is 0.360 e. The molecule has 41 heavy (non-hydrogen) atoms. The van der Waals surface area contributed by atoms with Crippen LogP contribution in [0.1, 0.15) is 34.1 Å². The summed E-state index contributed by atoms with van der Waals surface area (Å²) in [6, 6.07) is 7.47. The number of hydrogen-bond acceptors (Lipinski definition) is 1. The Hall–Kier alpha value is -2.71. The van der Waals surface area contributed by atoms with Gasteiger partial charge in [0.25, 0.3) is 10.0 Å². The van der Waals surface area contributed by atoms with E-state index in [2.05, 4.69) is 0 Å². The molecule has 0 bridgehead atoms. The molecular weight excluding hydrogens is 610 g/mol. The molecule has 0 fully saturated rings. The summed E-state index contributed by atoms with van der Waals surface area (Å²) in [5.74, 6) is -46.0. The van der Waals surface area contributed by atoms with Crippen LogP contribution in [0.3, 0.4) is 0 Å². The van der Waals surface area contributed by atoms with E-state index in [9.17, 15) is 17.6 Å². The third-order valence-electron chi connectivity index (χ3n) is 7.14. The van der Waals surface area contributed by atoms with Gasteiger partial charge >= 0.3 is 23.7 Å². The second-order valence-corrected chi connectivity index (χ2v) is 10.9. The predicted octanol–water partition coefficient (Wildman–Crippen LogP) is 10.1. The molecule has 0 spiro atoms. The lowest BCUT2D eigenvalue weighted by molar-refractivity contribution is -0.269. The Morgan fingerprint density at radius 2 is 0.805 bits per heavy atom. The summed E-state index contributed by atoms with van der Waals surface area (Å²) >= 11 is -2.75. The van der Waals surface area contributed by atoms with Crippen molar-refractivity contribution >= 4 is 11.8 Å². The highest BCUT2D eigenvalue weighted by atomic mass is 32.2. The number of alkyl halides is 10. The van der Waals surface area contributed by atoms with Crippen LogP contribution in [-0.2, 0) is 0 Å². The molecule has 0 saturated heterocycles. The van der Waals surface area contributed by atoms with Crippen LogP contribution >= 0.6 is 11.8 Å². The maximum atomic E-state index is 15.6. The van der Waals surface area contributed by atoms with Crippen LogP contribution in [0, 0.1) is 13.8 Å². The Bertz CT molecular complexity index is 1340. The van der Waals surface area contributed by atoms with Crippen LogP contribution in [-0.4, -0.2) is 33.7 Å². The molecule has 0 amide bonds. The fraction of sp³-hybridized carbons (Fsp3) is 0.385. The molecule has 4 rings (SSSR count). The van der Waals surface area contributed by atoms with Gasteiger partial charge in [-0.2, -0.15) is 35.1 Å². The molecule has 0 nitrogen and oxygen atoms in total. The number of thioether (sulfide) groups is 1. The molecule has 0 aromatic heterocycles. The summed E-state index contributed by atoms with van der Waals surface area (Å²) < 4.78 is 212. The summed E-state index contributed by atoms with van der Waals surface area (Å²) in [7, 11) is 0. The fourth-order valence-electron chi connectivity index (χ4n) is 4.84. The molecule has 15 heteroatoms. The SMILES string of the molecule is Cc1ccccc1C1C(F)=C(F)C(F)(SC2(F)C(F)=C(F)C(c3ccccc3C)C(F)(F)C2(F)F)C(F)(F)C1(F)F. The van der Waals surface area contributed by atoms with Gasteiger partial charge in [-0.1, -0.05) is 60.3 Å². The van der Waals surface area contributed by atoms with Crippen molar-refractivity contribution in [2.45, 2.75) is 59.4 Å². The second-order valence-electron chi connectivity index (χ2n) is 9.59. The van der Waals surface area contributed by atoms with Crippen LogP contribution in [0.2, 0.25) is 0 Å². The predicted molar refractivity (Wildman–Crippen MR) is 121 cm³/mol. The second kappa shape index (κ2) is 9.40. The number of hydrogen-bond donors (Lipinski definition) is 0. The fourth-order valence-corrected chi connectivity index (χ4v) is 6.13. The van der Waals surface area contributed by atoms with Gasteiger partial charge in [0.2, 0.25) is 0 Å². The van der Waals surface area contributed by atoms with Crippen LogP contribution in [0.4, 0.5) is 61.5 Å². The molecular formula is C26H16F14S. The van der Waals surface area contributed by atoms with E-state index in [-0.39, 0.29) is 11.1 Å². The summed E-state index contributed by atoms with van der Waals surface area (Å²) in [5, 5.41) is -12.5. The lowest BCUT2D eigenvalue weighted by atomic mass is 9.79. The first-order valence-corrected chi connectivity index (χ1v) is 12.3. The van der Waals surface area contributed by atoms with Gasteiger partial charge in [-0.25, -0.2) is 26.3 Å². The Balaban J connectivity index is 1.96. The number of aryl methyl sites for hydroxylation is 2. The minimum Gasteiger partial charge on any atom is -0.217 e. The molecule has 0 saturated carbocycles. The van der Waals surface area contributed by atoms with E-state index in [4.69, 9.17) is 0 Å². The molecule has 0 N–H and O–H groups in total. The summed E-state index contributed by atoms with van der Waals surface area (Å²) in [4.78, 5) is 0. The number of rotatable bonds is 4. The Morgan fingerprint density at radius 3 is 1.10 bits per heavy atom. The van der Waals surface area contributed by atoms with Crippen LogP contribution in [0.25, 0.3) is 0 Å². The first-order valence-electron chi connectivity index (χ1n) is 11.4. The van der Waals surface area contributed by atoms with Crippen molar-refractivity contribution in [3.05, 3.63) is 94.1 Å². The third kappa shape index (κ3) is 3.89. The monoisotopic (exact) mass is 626 g/mol. The van der Waals surface area contributed by atoms with Crippen molar-refractivity contribution in [3.8, 4) is 0 Å². The van der Waals surface area contributed by atoms with Gasteiger partial charge in [-0.05, 0) is 36.1 Å². The number of benzene rings is 2. The molecule has 2 aliphatic carbocycles. The first kappa shape index (κ1) is 31.2. The van der Waals surface area contributed by atoms with E-state index in [0.29, 0.717) is 12.1 Å². The Morgan fingerprint density at radius 1 is 0.512 bits per heavy atom. The number of allylic oxidation sites excluding steroid dienone is 2. The van der Waals surface area contributed by atoms with Crippen molar-refractivity contribution in [2.24, 2.45) is 0 Å². The van der Waals surface area contributed by atoms with Crippen molar-refractivity contribution in [3.63, 3.8) is 0 Å². The highest BCUT2D eigenvalue weighted by Gasteiger charge is 2.86. The van der Waals surface area contributed by atoms with Crippen LogP contribution in [0.5, 0.6) is 0 Å². The molecule has 0 aliphatic heterocycles. The minimum absolute atomic E-state index is 0.339. The van der Waals surface area contributed by atoms with E-state index in [1.165, 1.54) is 12.1 Å². The van der Waals surface area contributed by atoms with Gasteiger partial charge in [-0.3, -0.25) is 0 Å². The molecule has 0 radical (unpaired) electrons. The zero-order valence-electron chi connectivity index (χ0n) is 20.5. The minimum atomic E-state index is -6.69. The molecule has 2 aliphatic rings. The normalized spacial score (nSPS) is 32.3. The molecule has 4 unspecified atom stereocenters. The maximum Gasteiger partial charge on any atom is 0.360 e. The van der Waals surface area contributed by atoms with E-state index >= 15 is 43.9 Å². The van der Waals surface area contributed by atoms with Crippen molar-refractivity contribution in [1.29, 1.82) is 0 Å². The quantitative estimate of drug-likeness (QED) is 0.305. The Labute approximate surface area is 227 Å². The molecule has 2 aromatic carbocycles. The van der Waals surface area contributed by atoms with Gasteiger partial charge in [0.1, 0.15) is 23.5 Å². The van der Waals surface area contributed by atoms with Crippen molar-refractivity contribution < 1.29 is 61.5 Å². The van der Waals surface area contributed by atoms with Crippen molar-refractivity contribution in [1.82, 2.24) is 0 Å². The standard InChI is InChI=1S/C26H16F14S/c1-11-7-3-5-9-13(11)15-17(27)19(29)23(35,25(37,38)21(15,31)32)41-24(36)20(30)18(28)16(22(33,34)26(24,39)40)14-10-6-4-8-12(14)2/h3-10,15-16H,1-2H3. The topological polar surface area (TPSA) is 0 Å². The van der Waals surface area contributed by atoms with Crippen molar-refractivity contribution in [2.75, 3.05) is 0 Å². The van der Waals surface area contributed by atoms with Gasteiger partial charge < -0.3 is 0 Å². The molecule has 4 atom stereocenters. The highest BCUT2D eigenvalue weighted by molar-refractivity contribution is 8.02. The summed E-state index contributed by atoms with van der Waals surface area (Å²) in [6.45, 7) is 1.99. The Kier molecular flexibility index (Phi) is 7.16. The summed E-state index contributed by atoms with van der Waals surface area (Å²) in [5.41, 5.74) is -2.71. The van der Waals surface area contributed by atoms with Crippen LogP contribution < -0.4 is 0 Å². The lowest BCUT2D eigenvalue weighted by Crippen LogP contribution is -2.66. The lowest BCUT2D eigenvalue weighted by Gasteiger charge is -2.49. The summed E-state index contributed by atoms with van der Waals surface area (Å²) in [6.07, 6.45) is 0. The van der Waals surface area contributed by atoms with E-state index in [1.807, 2.05) is 0 Å². The average molecular weight is 626 g/mol. The zero-order valence-corrected chi connectivity index (χ0v) is 21.3. The number of halogens is 14. The van der Waals surface area contributed by atoms with Gasteiger partial charge in [0.05, 0.1) is 0 Å². The molecule has 224 valence electrons. The third-order valence-corrected chi connectivity index (χ3v) is 8.57. The smallest absolute Gasteiger partial charge is 0.217 e. The van der Waals surface area contributed by atoms with E-state index in [0.717, 1.165) is 38.1 Å². The van der Waals surface area contributed by atoms with Gasteiger partial charge in [-0.15, -0.1) is 0 Å². The van der Waals surface area contributed by atoms with Gasteiger partial charge in [0, 0.05) is 0 Å². The average Bonchev–Trinajstić information content (AvgIpc) is 2.88. The zero-order chi connectivity index (χ0) is 31.1. The highest BCUT2D eigenvalue weighted by Crippen LogP contribution is 2.72. The van der Waals surface area contributed by atoms with Crippen LogP contribution in [0.15, 0.2) is 71.8 Å². The van der Waals surface area contributed by atoms with E-state index < -0.39 is 91.7 Å². The first-order chi connectivity index (χ1) is 18.6. The molecule has 0 heterocycles. The van der Waals surface area contributed by atoms with E-state index in [1.54, 1.807) is 0 Å². The molecule has 2 aromatic rings. The maximum absolute atomic E-state index is 15.6.